The lowest BCUT2D eigenvalue weighted by atomic mass is 10.1. The molecule has 170 valence electrons. The highest BCUT2D eigenvalue weighted by Crippen LogP contribution is 2.30. The molecule has 0 aliphatic heterocycles. The highest BCUT2D eigenvalue weighted by atomic mass is 35.5. The minimum absolute atomic E-state index is 0.160. The predicted octanol–water partition coefficient (Wildman–Crippen LogP) is 4.67. The third kappa shape index (κ3) is 5.41. The highest BCUT2D eigenvalue weighted by Gasteiger charge is 2.20. The second kappa shape index (κ2) is 10.3. The number of nitrogens with zero attached hydrogens (tertiary/aromatic N) is 1. The second-order valence-corrected chi connectivity index (χ2v) is 9.57. The number of anilines is 1. The summed E-state index contributed by atoms with van der Waals surface area (Å²) in [6.07, 6.45) is 0. The molecule has 6 nitrogen and oxygen atoms in total. The molecule has 0 fully saturated rings. The van der Waals surface area contributed by atoms with Crippen LogP contribution in [0.1, 0.15) is 29.8 Å². The molecule has 3 rings (SSSR count). The third-order valence-corrected chi connectivity index (χ3v) is 7.19. The number of sulfonamides is 1. The summed E-state index contributed by atoms with van der Waals surface area (Å²) in [5.41, 5.74) is 1.28. The van der Waals surface area contributed by atoms with Crippen LogP contribution in [0.25, 0.3) is 10.8 Å². The van der Waals surface area contributed by atoms with Crippen molar-refractivity contribution < 1.29 is 13.2 Å². The monoisotopic (exact) mass is 473 g/mol. The zero-order chi connectivity index (χ0) is 23.3. The molecule has 0 saturated carbocycles. The quantitative estimate of drug-likeness (QED) is 0.473. The van der Waals surface area contributed by atoms with Crippen LogP contribution in [0.4, 0.5) is 5.69 Å². The number of likely N-dealkylation sites (N-methyl/N-ethyl adjacent to an activating group) is 1. The summed E-state index contributed by atoms with van der Waals surface area (Å²) in [6, 6.07) is 15.5. The van der Waals surface area contributed by atoms with E-state index in [0.29, 0.717) is 23.1 Å². The van der Waals surface area contributed by atoms with Crippen LogP contribution in [0.15, 0.2) is 59.5 Å². The standard InChI is InChI=1S/C24H28ClN3O3S/c1-4-28(5-2)14-13-26-24(29)20-16-21(25)22(15-17(20)3)27-32(30,31)23-12-8-10-18-9-6-7-11-19(18)23/h6-12,15-16,27H,4-5,13-14H2,1-3H3,(H,26,29). The number of amides is 1. The Bertz CT molecular complexity index is 1220. The molecule has 0 heterocycles. The van der Waals surface area contributed by atoms with Gasteiger partial charge in [0.05, 0.1) is 15.6 Å². The molecule has 0 atom stereocenters. The van der Waals surface area contributed by atoms with E-state index in [1.165, 1.54) is 6.07 Å². The molecule has 3 aromatic carbocycles. The van der Waals surface area contributed by atoms with Gasteiger partial charge >= 0.3 is 0 Å². The van der Waals surface area contributed by atoms with Crippen molar-refractivity contribution in [1.82, 2.24) is 10.2 Å². The van der Waals surface area contributed by atoms with Crippen molar-refractivity contribution in [3.63, 3.8) is 0 Å². The number of hydrogen-bond donors (Lipinski definition) is 2. The molecular formula is C24H28ClN3O3S. The zero-order valence-corrected chi connectivity index (χ0v) is 20.1. The summed E-state index contributed by atoms with van der Waals surface area (Å²) in [6.45, 7) is 9.03. The summed E-state index contributed by atoms with van der Waals surface area (Å²) in [4.78, 5) is 15.0. The van der Waals surface area contributed by atoms with Crippen LogP contribution in [0, 0.1) is 6.92 Å². The average molecular weight is 474 g/mol. The molecular weight excluding hydrogens is 446 g/mol. The first kappa shape index (κ1) is 24.0. The van der Waals surface area contributed by atoms with Crippen LogP contribution in [0.5, 0.6) is 0 Å². The van der Waals surface area contributed by atoms with E-state index in [-0.39, 0.29) is 21.5 Å². The van der Waals surface area contributed by atoms with Gasteiger partial charge in [-0.3, -0.25) is 9.52 Å². The maximum atomic E-state index is 13.1. The summed E-state index contributed by atoms with van der Waals surface area (Å²) < 4.78 is 28.8. The highest BCUT2D eigenvalue weighted by molar-refractivity contribution is 7.93. The summed E-state index contributed by atoms with van der Waals surface area (Å²) >= 11 is 6.37. The van der Waals surface area contributed by atoms with Crippen LogP contribution < -0.4 is 10.0 Å². The van der Waals surface area contributed by atoms with Crippen LogP contribution in [-0.4, -0.2) is 45.4 Å². The molecule has 8 heteroatoms. The number of benzene rings is 3. The van der Waals surface area contributed by atoms with Crippen LogP contribution in [0.2, 0.25) is 5.02 Å². The Labute approximate surface area is 194 Å². The Morgan fingerprint density at radius 2 is 1.72 bits per heavy atom. The van der Waals surface area contributed by atoms with Crippen molar-refractivity contribution in [2.24, 2.45) is 0 Å². The number of carbonyl (C=O) groups excluding carboxylic acids is 1. The van der Waals surface area contributed by atoms with Gasteiger partial charge in [0.2, 0.25) is 0 Å². The smallest absolute Gasteiger partial charge is 0.262 e. The molecule has 0 aromatic heterocycles. The van der Waals surface area contributed by atoms with Gasteiger partial charge in [0.15, 0.2) is 0 Å². The molecule has 0 aliphatic rings. The Morgan fingerprint density at radius 1 is 1.03 bits per heavy atom. The van der Waals surface area contributed by atoms with Crippen LogP contribution in [0.3, 0.4) is 0 Å². The summed E-state index contributed by atoms with van der Waals surface area (Å²) in [5, 5.41) is 4.52. The predicted molar refractivity (Wildman–Crippen MR) is 131 cm³/mol. The van der Waals surface area contributed by atoms with E-state index in [2.05, 4.69) is 28.8 Å². The maximum absolute atomic E-state index is 13.1. The molecule has 0 unspecified atom stereocenters. The molecule has 0 spiro atoms. The van der Waals surface area contributed by atoms with Gasteiger partial charge in [-0.25, -0.2) is 8.42 Å². The van der Waals surface area contributed by atoms with Crippen LogP contribution in [-0.2, 0) is 10.0 Å². The maximum Gasteiger partial charge on any atom is 0.262 e. The van der Waals surface area contributed by atoms with E-state index in [1.54, 1.807) is 37.3 Å². The molecule has 0 radical (unpaired) electrons. The van der Waals surface area contributed by atoms with Crippen molar-refractivity contribution >= 4 is 44.0 Å². The lowest BCUT2D eigenvalue weighted by Crippen LogP contribution is -2.35. The van der Waals surface area contributed by atoms with E-state index in [9.17, 15) is 13.2 Å². The largest absolute Gasteiger partial charge is 0.351 e. The van der Waals surface area contributed by atoms with E-state index in [0.717, 1.165) is 25.0 Å². The lowest BCUT2D eigenvalue weighted by molar-refractivity contribution is 0.0948. The SMILES string of the molecule is CCN(CC)CCNC(=O)c1cc(Cl)c(NS(=O)(=O)c2cccc3ccccc23)cc1C. The fourth-order valence-corrected chi connectivity index (χ4v) is 5.17. The summed E-state index contributed by atoms with van der Waals surface area (Å²) in [7, 11) is -3.88. The van der Waals surface area contributed by atoms with E-state index < -0.39 is 10.0 Å². The van der Waals surface area contributed by atoms with Crippen molar-refractivity contribution in [2.45, 2.75) is 25.7 Å². The van der Waals surface area contributed by atoms with Gasteiger partial charge < -0.3 is 10.2 Å². The number of nitrogens with one attached hydrogen (secondary N) is 2. The van der Waals surface area contributed by atoms with Gasteiger partial charge in [0.1, 0.15) is 0 Å². The van der Waals surface area contributed by atoms with Gasteiger partial charge in [0, 0.05) is 24.0 Å². The number of aryl methyl sites for hydroxylation is 1. The Morgan fingerprint density at radius 3 is 2.44 bits per heavy atom. The first-order valence-electron chi connectivity index (χ1n) is 10.6. The Balaban J connectivity index is 1.81. The topological polar surface area (TPSA) is 78.5 Å². The molecule has 0 saturated heterocycles. The van der Waals surface area contributed by atoms with Gasteiger partial charge in [-0.15, -0.1) is 0 Å². The fraction of sp³-hybridized carbons (Fsp3) is 0.292. The molecule has 1 amide bonds. The minimum atomic E-state index is -3.88. The second-order valence-electron chi connectivity index (χ2n) is 7.51. The first-order valence-corrected chi connectivity index (χ1v) is 12.4. The minimum Gasteiger partial charge on any atom is -0.351 e. The van der Waals surface area contributed by atoms with Gasteiger partial charge in [0.25, 0.3) is 15.9 Å². The van der Waals surface area contributed by atoms with E-state index in [1.807, 2.05) is 18.2 Å². The average Bonchev–Trinajstić information content (AvgIpc) is 2.78. The van der Waals surface area contributed by atoms with E-state index >= 15 is 0 Å². The lowest BCUT2D eigenvalue weighted by Gasteiger charge is -2.18. The normalized spacial score (nSPS) is 11.7. The van der Waals surface area contributed by atoms with Gasteiger partial charge in [-0.2, -0.15) is 0 Å². The number of rotatable bonds is 9. The van der Waals surface area contributed by atoms with E-state index in [4.69, 9.17) is 11.6 Å². The number of halogens is 1. The van der Waals surface area contributed by atoms with Gasteiger partial charge in [-0.05, 0) is 49.2 Å². The fourth-order valence-electron chi connectivity index (χ4n) is 3.60. The van der Waals surface area contributed by atoms with Crippen molar-refractivity contribution in [3.05, 3.63) is 70.7 Å². The van der Waals surface area contributed by atoms with Crippen molar-refractivity contribution in [1.29, 1.82) is 0 Å². The molecule has 2 N–H and O–H groups in total. The number of carbonyl (C=O) groups is 1. The van der Waals surface area contributed by atoms with Crippen molar-refractivity contribution in [3.8, 4) is 0 Å². The summed E-state index contributed by atoms with van der Waals surface area (Å²) in [5.74, 6) is -0.236. The zero-order valence-electron chi connectivity index (χ0n) is 18.5. The van der Waals surface area contributed by atoms with Crippen LogP contribution >= 0.6 is 11.6 Å². The molecule has 3 aromatic rings. The van der Waals surface area contributed by atoms with Gasteiger partial charge in [-0.1, -0.05) is 61.8 Å². The Hall–Kier alpha value is -2.61. The number of fused-ring (bicyclic) bond motifs is 1. The number of hydrogen-bond acceptors (Lipinski definition) is 4. The Kier molecular flexibility index (Phi) is 7.77. The molecule has 0 aliphatic carbocycles. The van der Waals surface area contributed by atoms with Crippen molar-refractivity contribution in [2.75, 3.05) is 30.9 Å². The molecule has 0 bridgehead atoms. The molecule has 32 heavy (non-hydrogen) atoms. The third-order valence-electron chi connectivity index (χ3n) is 5.45. The first-order chi connectivity index (χ1) is 15.3.